The smallest absolute Gasteiger partial charge is 0.118 e. The molecule has 3 nitrogen and oxygen atoms in total. The molecule has 0 aromatic carbocycles. The molecule has 0 saturated heterocycles. The van der Waals surface area contributed by atoms with E-state index in [2.05, 4.69) is 37.2 Å². The van der Waals surface area contributed by atoms with Crippen LogP contribution in [0.1, 0.15) is 43.8 Å². The molecule has 0 fully saturated rings. The lowest BCUT2D eigenvalue weighted by Crippen LogP contribution is -2.29. The molecule has 17 heavy (non-hydrogen) atoms. The van der Waals surface area contributed by atoms with Crippen molar-refractivity contribution in [2.24, 2.45) is 0 Å². The van der Waals surface area contributed by atoms with Crippen molar-refractivity contribution in [2.75, 3.05) is 14.1 Å². The van der Waals surface area contributed by atoms with Crippen LogP contribution in [-0.4, -0.2) is 25.0 Å². The molecular weight excluding hydrogens is 212 g/mol. The topological polar surface area (TPSA) is 28.4 Å². The molecule has 0 aliphatic carbocycles. The van der Waals surface area contributed by atoms with Gasteiger partial charge in [0.1, 0.15) is 11.5 Å². The first kappa shape index (κ1) is 14.3. The molecule has 98 valence electrons. The maximum absolute atomic E-state index is 5.80. The maximum atomic E-state index is 5.80. The molecule has 1 heterocycles. The summed E-state index contributed by atoms with van der Waals surface area (Å²) in [7, 11) is 4.13. The van der Waals surface area contributed by atoms with Crippen molar-refractivity contribution in [1.82, 2.24) is 10.2 Å². The van der Waals surface area contributed by atoms with E-state index in [1.165, 1.54) is 18.4 Å². The molecule has 3 heteroatoms. The molecule has 0 aliphatic heterocycles. The summed E-state index contributed by atoms with van der Waals surface area (Å²) in [6.45, 7) is 8.29. The SMILES string of the molecule is CCC(CC)N(C)Cc1cc(CNC)c(C)o1. The monoisotopic (exact) mass is 238 g/mol. The van der Waals surface area contributed by atoms with Crippen molar-refractivity contribution in [3.63, 3.8) is 0 Å². The van der Waals surface area contributed by atoms with Gasteiger partial charge in [-0.25, -0.2) is 0 Å². The van der Waals surface area contributed by atoms with Crippen molar-refractivity contribution >= 4 is 0 Å². The average molecular weight is 238 g/mol. The highest BCUT2D eigenvalue weighted by molar-refractivity contribution is 5.20. The fraction of sp³-hybridized carbons (Fsp3) is 0.714. The quantitative estimate of drug-likeness (QED) is 0.791. The van der Waals surface area contributed by atoms with Gasteiger partial charge >= 0.3 is 0 Å². The van der Waals surface area contributed by atoms with Crippen LogP contribution in [0, 0.1) is 6.92 Å². The number of nitrogens with zero attached hydrogens (tertiary/aromatic N) is 1. The summed E-state index contributed by atoms with van der Waals surface area (Å²) in [4.78, 5) is 2.38. The Morgan fingerprint density at radius 1 is 1.35 bits per heavy atom. The van der Waals surface area contributed by atoms with Crippen LogP contribution in [-0.2, 0) is 13.1 Å². The second kappa shape index (κ2) is 6.82. The van der Waals surface area contributed by atoms with Gasteiger partial charge in [0.2, 0.25) is 0 Å². The van der Waals surface area contributed by atoms with E-state index in [0.29, 0.717) is 6.04 Å². The molecule has 1 rings (SSSR count). The Kier molecular flexibility index (Phi) is 5.72. The number of aryl methyl sites for hydroxylation is 1. The van der Waals surface area contributed by atoms with Crippen LogP contribution < -0.4 is 5.32 Å². The van der Waals surface area contributed by atoms with Crippen LogP contribution in [0.3, 0.4) is 0 Å². The Labute approximate surface area is 105 Å². The lowest BCUT2D eigenvalue weighted by molar-refractivity contribution is 0.204. The minimum absolute atomic E-state index is 0.646. The van der Waals surface area contributed by atoms with Crippen LogP contribution in [0.5, 0.6) is 0 Å². The largest absolute Gasteiger partial charge is 0.465 e. The molecule has 0 aliphatic rings. The van der Waals surface area contributed by atoms with E-state index in [9.17, 15) is 0 Å². The first-order valence-corrected chi connectivity index (χ1v) is 6.55. The number of hydrogen-bond acceptors (Lipinski definition) is 3. The van der Waals surface area contributed by atoms with E-state index in [1.807, 2.05) is 14.0 Å². The van der Waals surface area contributed by atoms with E-state index in [0.717, 1.165) is 24.6 Å². The van der Waals surface area contributed by atoms with Crippen molar-refractivity contribution < 1.29 is 4.42 Å². The highest BCUT2D eigenvalue weighted by Gasteiger charge is 2.14. The highest BCUT2D eigenvalue weighted by atomic mass is 16.3. The molecule has 0 spiro atoms. The van der Waals surface area contributed by atoms with Gasteiger partial charge in [0.05, 0.1) is 6.54 Å². The Bertz CT molecular complexity index is 329. The summed E-state index contributed by atoms with van der Waals surface area (Å²) in [5.41, 5.74) is 1.26. The maximum Gasteiger partial charge on any atom is 0.118 e. The summed E-state index contributed by atoms with van der Waals surface area (Å²) >= 11 is 0. The first-order chi connectivity index (χ1) is 8.12. The lowest BCUT2D eigenvalue weighted by Gasteiger charge is -2.24. The van der Waals surface area contributed by atoms with Crippen LogP contribution >= 0.6 is 0 Å². The molecule has 1 N–H and O–H groups in total. The molecule has 0 saturated carbocycles. The Morgan fingerprint density at radius 2 is 2.00 bits per heavy atom. The molecule has 1 aromatic rings. The number of rotatable bonds is 7. The van der Waals surface area contributed by atoms with Crippen molar-refractivity contribution in [1.29, 1.82) is 0 Å². The molecule has 1 aromatic heterocycles. The average Bonchev–Trinajstić information content (AvgIpc) is 2.61. The lowest BCUT2D eigenvalue weighted by atomic mass is 10.1. The summed E-state index contributed by atoms with van der Waals surface area (Å²) in [5, 5.41) is 3.16. The molecule has 0 bridgehead atoms. The van der Waals surface area contributed by atoms with Crippen LogP contribution in [0.15, 0.2) is 10.5 Å². The van der Waals surface area contributed by atoms with Crippen molar-refractivity contribution in [2.45, 2.75) is 52.7 Å². The summed E-state index contributed by atoms with van der Waals surface area (Å²) in [5.74, 6) is 2.11. The zero-order valence-electron chi connectivity index (χ0n) is 11.8. The normalized spacial score (nSPS) is 11.7. The van der Waals surface area contributed by atoms with Crippen molar-refractivity contribution in [3.8, 4) is 0 Å². The van der Waals surface area contributed by atoms with E-state index in [-0.39, 0.29) is 0 Å². The van der Waals surface area contributed by atoms with Gasteiger partial charge in [-0.15, -0.1) is 0 Å². The number of hydrogen-bond donors (Lipinski definition) is 1. The molecular formula is C14H26N2O. The summed E-state index contributed by atoms with van der Waals surface area (Å²) in [6.07, 6.45) is 2.38. The fourth-order valence-electron chi connectivity index (χ4n) is 2.32. The van der Waals surface area contributed by atoms with Gasteiger partial charge in [-0.1, -0.05) is 13.8 Å². The van der Waals surface area contributed by atoms with Crippen LogP contribution in [0.2, 0.25) is 0 Å². The predicted molar refractivity (Wildman–Crippen MR) is 72.0 cm³/mol. The summed E-state index contributed by atoms with van der Waals surface area (Å²) < 4.78 is 5.80. The molecule has 0 radical (unpaired) electrons. The minimum Gasteiger partial charge on any atom is -0.465 e. The minimum atomic E-state index is 0.646. The van der Waals surface area contributed by atoms with Gasteiger partial charge in [0.15, 0.2) is 0 Å². The third-order valence-electron chi connectivity index (χ3n) is 3.41. The van der Waals surface area contributed by atoms with Crippen LogP contribution in [0.4, 0.5) is 0 Å². The van der Waals surface area contributed by atoms with Gasteiger partial charge in [0, 0.05) is 18.2 Å². The van der Waals surface area contributed by atoms with E-state index in [1.54, 1.807) is 0 Å². The van der Waals surface area contributed by atoms with Crippen molar-refractivity contribution in [3.05, 3.63) is 23.2 Å². The third kappa shape index (κ3) is 3.86. The van der Waals surface area contributed by atoms with Gasteiger partial charge in [-0.3, -0.25) is 4.90 Å². The third-order valence-corrected chi connectivity index (χ3v) is 3.41. The number of nitrogens with one attached hydrogen (secondary N) is 1. The predicted octanol–water partition coefficient (Wildman–Crippen LogP) is 2.93. The Morgan fingerprint density at radius 3 is 2.53 bits per heavy atom. The second-order valence-electron chi connectivity index (χ2n) is 4.71. The second-order valence-corrected chi connectivity index (χ2v) is 4.71. The van der Waals surface area contributed by atoms with Crippen LogP contribution in [0.25, 0.3) is 0 Å². The van der Waals surface area contributed by atoms with E-state index >= 15 is 0 Å². The molecule has 0 unspecified atom stereocenters. The van der Waals surface area contributed by atoms with E-state index in [4.69, 9.17) is 4.42 Å². The standard InChI is InChI=1S/C14H26N2O/c1-6-13(7-2)16(5)10-14-8-12(9-15-4)11(3)17-14/h8,13,15H,6-7,9-10H2,1-5H3. The van der Waals surface area contributed by atoms with Gasteiger partial charge < -0.3 is 9.73 Å². The highest BCUT2D eigenvalue weighted by Crippen LogP contribution is 2.17. The molecule has 0 atom stereocenters. The Hall–Kier alpha value is -0.800. The summed E-state index contributed by atoms with van der Waals surface area (Å²) in [6, 6.07) is 2.82. The van der Waals surface area contributed by atoms with E-state index < -0.39 is 0 Å². The Balaban J connectivity index is 2.64. The fourth-order valence-corrected chi connectivity index (χ4v) is 2.32. The number of furan rings is 1. The first-order valence-electron chi connectivity index (χ1n) is 6.55. The van der Waals surface area contributed by atoms with Gasteiger partial charge in [-0.2, -0.15) is 0 Å². The zero-order valence-corrected chi connectivity index (χ0v) is 11.8. The molecule has 0 amide bonds. The van der Waals surface area contributed by atoms with Gasteiger partial charge in [0.25, 0.3) is 0 Å². The zero-order chi connectivity index (χ0) is 12.8. The van der Waals surface area contributed by atoms with Gasteiger partial charge in [-0.05, 0) is 39.9 Å².